The summed E-state index contributed by atoms with van der Waals surface area (Å²) in [5.41, 5.74) is -0.184. The molecule has 0 aromatic heterocycles. The normalized spacial score (nSPS) is 38.1. The Bertz CT molecular complexity index is 276. The molecule has 2 aliphatic rings. The number of aliphatic hydroxyl groups excluding tert-OH is 1. The molecule has 1 saturated carbocycles. The van der Waals surface area contributed by atoms with Crippen molar-refractivity contribution in [3.05, 3.63) is 0 Å². The number of hydrogen-bond acceptors (Lipinski definition) is 3. The topological polar surface area (TPSA) is 41.5 Å². The molecule has 112 valence electrons. The third-order valence-electron chi connectivity index (χ3n) is 5.16. The van der Waals surface area contributed by atoms with Crippen molar-refractivity contribution in [1.29, 1.82) is 0 Å². The van der Waals surface area contributed by atoms with Crippen LogP contribution in [0.2, 0.25) is 0 Å². The molecule has 2 unspecified atom stereocenters. The molecule has 2 atom stereocenters. The van der Waals surface area contributed by atoms with Crippen LogP contribution in [0.15, 0.2) is 0 Å². The van der Waals surface area contributed by atoms with E-state index in [1.807, 2.05) is 0 Å². The van der Waals surface area contributed by atoms with Gasteiger partial charge in [-0.15, -0.1) is 0 Å². The summed E-state index contributed by atoms with van der Waals surface area (Å²) in [7, 11) is 0. The first-order chi connectivity index (χ1) is 9.11. The molecule has 1 aliphatic carbocycles. The molecule has 3 heteroatoms. The number of nitrogens with one attached hydrogen (secondary N) is 1. The maximum absolute atomic E-state index is 9.95. The van der Waals surface area contributed by atoms with Gasteiger partial charge in [0.2, 0.25) is 0 Å². The Labute approximate surface area is 118 Å². The molecule has 0 spiro atoms. The average molecular weight is 269 g/mol. The number of hydrogen-bond donors (Lipinski definition) is 2. The van der Waals surface area contributed by atoms with Crippen molar-refractivity contribution in [3.8, 4) is 0 Å². The zero-order chi connectivity index (χ0) is 13.8. The second-order valence-corrected chi connectivity index (χ2v) is 6.85. The van der Waals surface area contributed by atoms with Crippen LogP contribution in [0.3, 0.4) is 0 Å². The Morgan fingerprint density at radius 1 is 1.21 bits per heavy atom. The van der Waals surface area contributed by atoms with Crippen LogP contribution in [0, 0.1) is 0 Å². The Balaban J connectivity index is 2.00. The van der Waals surface area contributed by atoms with E-state index >= 15 is 0 Å². The van der Waals surface area contributed by atoms with Crippen molar-refractivity contribution in [1.82, 2.24) is 5.32 Å². The summed E-state index contributed by atoms with van der Waals surface area (Å²) in [6, 6.07) is 0.592. The third-order valence-corrected chi connectivity index (χ3v) is 5.16. The van der Waals surface area contributed by atoms with Gasteiger partial charge in [0.15, 0.2) is 0 Å². The average Bonchev–Trinajstić information content (AvgIpc) is 2.67. The molecule has 0 aromatic carbocycles. The fourth-order valence-electron chi connectivity index (χ4n) is 3.74. The van der Waals surface area contributed by atoms with Crippen LogP contribution in [-0.2, 0) is 4.74 Å². The summed E-state index contributed by atoms with van der Waals surface area (Å²) in [6.45, 7) is 5.37. The molecule has 2 N–H and O–H groups in total. The van der Waals surface area contributed by atoms with E-state index < -0.39 is 0 Å². The molecular formula is C16H31NO2. The first-order valence-corrected chi connectivity index (χ1v) is 8.14. The van der Waals surface area contributed by atoms with Crippen LogP contribution in [0.4, 0.5) is 0 Å². The molecule has 2 fully saturated rings. The van der Waals surface area contributed by atoms with E-state index in [0.29, 0.717) is 6.04 Å². The van der Waals surface area contributed by atoms with Gasteiger partial charge in [0.25, 0.3) is 0 Å². The molecule has 1 aliphatic heterocycles. The predicted molar refractivity (Wildman–Crippen MR) is 78.3 cm³/mol. The van der Waals surface area contributed by atoms with Crippen molar-refractivity contribution in [2.45, 2.75) is 88.8 Å². The zero-order valence-electron chi connectivity index (χ0n) is 12.7. The highest BCUT2D eigenvalue weighted by Crippen LogP contribution is 2.35. The van der Waals surface area contributed by atoms with Gasteiger partial charge in [-0.2, -0.15) is 0 Å². The second kappa shape index (κ2) is 6.55. The van der Waals surface area contributed by atoms with Gasteiger partial charge in [0.1, 0.15) is 0 Å². The van der Waals surface area contributed by atoms with Crippen LogP contribution >= 0.6 is 0 Å². The van der Waals surface area contributed by atoms with Gasteiger partial charge in [-0.3, -0.25) is 0 Å². The monoisotopic (exact) mass is 269 g/mol. The first kappa shape index (κ1) is 15.3. The summed E-state index contributed by atoms with van der Waals surface area (Å²) in [5, 5.41) is 13.8. The number of aliphatic hydroxyl groups is 1. The number of ether oxygens (including phenoxy) is 1. The highest BCUT2D eigenvalue weighted by Gasteiger charge is 2.42. The third kappa shape index (κ3) is 3.93. The molecule has 0 radical (unpaired) electrons. The van der Waals surface area contributed by atoms with E-state index in [0.717, 1.165) is 25.9 Å². The van der Waals surface area contributed by atoms with Gasteiger partial charge in [-0.05, 0) is 39.0 Å². The second-order valence-electron chi connectivity index (χ2n) is 6.85. The van der Waals surface area contributed by atoms with Crippen LogP contribution < -0.4 is 5.32 Å². The van der Waals surface area contributed by atoms with Crippen LogP contribution in [-0.4, -0.2) is 35.5 Å². The predicted octanol–water partition coefficient (Wildman–Crippen LogP) is 3.01. The van der Waals surface area contributed by atoms with Crippen molar-refractivity contribution in [2.24, 2.45) is 0 Å². The van der Waals surface area contributed by atoms with Crippen molar-refractivity contribution < 1.29 is 9.84 Å². The zero-order valence-corrected chi connectivity index (χ0v) is 12.7. The summed E-state index contributed by atoms with van der Waals surface area (Å²) >= 11 is 0. The highest BCUT2D eigenvalue weighted by molar-refractivity contribution is 4.99. The molecule has 0 aromatic rings. The molecular weight excluding hydrogens is 238 g/mol. The van der Waals surface area contributed by atoms with Crippen LogP contribution in [0.25, 0.3) is 0 Å². The van der Waals surface area contributed by atoms with Crippen LogP contribution in [0.5, 0.6) is 0 Å². The molecule has 1 saturated heterocycles. The van der Waals surface area contributed by atoms with E-state index in [1.54, 1.807) is 0 Å². The maximum Gasteiger partial charge on any atom is 0.0670 e. The number of rotatable bonds is 4. The lowest BCUT2D eigenvalue weighted by Gasteiger charge is -2.47. The first-order valence-electron chi connectivity index (χ1n) is 8.14. The molecule has 0 bridgehead atoms. The standard InChI is InChI=1S/C16H31NO2/c1-3-15(2)12-16(13-18,10-11-19-15)17-14-8-6-4-5-7-9-14/h14,17-18H,3-13H2,1-2H3. The maximum atomic E-state index is 9.95. The van der Waals surface area contributed by atoms with Gasteiger partial charge in [-0.1, -0.05) is 32.6 Å². The van der Waals surface area contributed by atoms with E-state index in [-0.39, 0.29) is 17.7 Å². The summed E-state index contributed by atoms with van der Waals surface area (Å²) < 4.78 is 5.93. The Hall–Kier alpha value is -0.120. The largest absolute Gasteiger partial charge is 0.394 e. The Morgan fingerprint density at radius 2 is 1.89 bits per heavy atom. The Kier molecular flexibility index (Phi) is 5.27. The van der Waals surface area contributed by atoms with E-state index in [2.05, 4.69) is 19.2 Å². The minimum absolute atomic E-state index is 0.0707. The van der Waals surface area contributed by atoms with E-state index in [4.69, 9.17) is 4.74 Å². The van der Waals surface area contributed by atoms with E-state index in [1.165, 1.54) is 38.5 Å². The van der Waals surface area contributed by atoms with Gasteiger partial charge in [0.05, 0.1) is 12.2 Å². The van der Waals surface area contributed by atoms with Gasteiger partial charge < -0.3 is 15.2 Å². The molecule has 19 heavy (non-hydrogen) atoms. The van der Waals surface area contributed by atoms with Crippen molar-refractivity contribution in [3.63, 3.8) is 0 Å². The highest BCUT2D eigenvalue weighted by atomic mass is 16.5. The minimum atomic E-state index is -0.113. The lowest BCUT2D eigenvalue weighted by Crippen LogP contribution is -2.60. The smallest absolute Gasteiger partial charge is 0.0670 e. The molecule has 3 nitrogen and oxygen atoms in total. The lowest BCUT2D eigenvalue weighted by molar-refractivity contribution is -0.113. The summed E-state index contributed by atoms with van der Waals surface area (Å²) in [6.07, 6.45) is 10.8. The molecule has 0 amide bonds. The molecule has 2 rings (SSSR count). The molecule has 1 heterocycles. The quantitative estimate of drug-likeness (QED) is 0.771. The van der Waals surface area contributed by atoms with Crippen LogP contribution in [0.1, 0.15) is 71.6 Å². The summed E-state index contributed by atoms with van der Waals surface area (Å²) in [5.74, 6) is 0. The summed E-state index contributed by atoms with van der Waals surface area (Å²) in [4.78, 5) is 0. The Morgan fingerprint density at radius 3 is 2.47 bits per heavy atom. The van der Waals surface area contributed by atoms with Crippen molar-refractivity contribution >= 4 is 0 Å². The fourth-order valence-corrected chi connectivity index (χ4v) is 3.74. The lowest BCUT2D eigenvalue weighted by atomic mass is 9.79. The minimum Gasteiger partial charge on any atom is -0.394 e. The van der Waals surface area contributed by atoms with Gasteiger partial charge in [-0.25, -0.2) is 0 Å². The van der Waals surface area contributed by atoms with E-state index in [9.17, 15) is 5.11 Å². The van der Waals surface area contributed by atoms with Gasteiger partial charge >= 0.3 is 0 Å². The van der Waals surface area contributed by atoms with Gasteiger partial charge in [0, 0.05) is 18.2 Å². The fraction of sp³-hybridized carbons (Fsp3) is 1.00. The van der Waals surface area contributed by atoms with Crippen molar-refractivity contribution in [2.75, 3.05) is 13.2 Å². The SMILES string of the molecule is CCC1(C)CC(CO)(NC2CCCCCC2)CCO1.